The van der Waals surface area contributed by atoms with Gasteiger partial charge in [0.25, 0.3) is 0 Å². The molecule has 0 spiro atoms. The van der Waals surface area contributed by atoms with E-state index in [4.69, 9.17) is 4.74 Å². The minimum absolute atomic E-state index is 0.384. The van der Waals surface area contributed by atoms with Gasteiger partial charge in [-0.25, -0.2) is 4.79 Å². The third-order valence-electron chi connectivity index (χ3n) is 1.39. The van der Waals surface area contributed by atoms with Gasteiger partial charge >= 0.3 is 6.09 Å². The third kappa shape index (κ3) is 3.22. The molecule has 0 aliphatic rings. The fourth-order valence-corrected chi connectivity index (χ4v) is 1.36. The van der Waals surface area contributed by atoms with E-state index in [1.807, 2.05) is 24.3 Å². The quantitative estimate of drug-likeness (QED) is 0.851. The largest absolute Gasteiger partial charge is 0.450 e. The molecular formula is C9H10INO2. The summed E-state index contributed by atoms with van der Waals surface area (Å²) in [6.45, 7) is 2.16. The van der Waals surface area contributed by atoms with Crippen LogP contribution in [-0.4, -0.2) is 12.7 Å². The number of nitrogens with one attached hydrogen (secondary N) is 1. The van der Waals surface area contributed by atoms with Crippen LogP contribution in [0.25, 0.3) is 0 Å². The number of carbonyl (C=O) groups is 1. The van der Waals surface area contributed by atoms with Gasteiger partial charge in [0, 0.05) is 3.57 Å². The first-order valence-corrected chi connectivity index (χ1v) is 5.00. The molecule has 1 rings (SSSR count). The van der Waals surface area contributed by atoms with Crippen LogP contribution in [-0.2, 0) is 4.74 Å². The number of para-hydroxylation sites is 1. The smallest absolute Gasteiger partial charge is 0.411 e. The van der Waals surface area contributed by atoms with E-state index in [-0.39, 0.29) is 0 Å². The van der Waals surface area contributed by atoms with Crippen molar-refractivity contribution in [2.45, 2.75) is 6.92 Å². The maximum Gasteiger partial charge on any atom is 0.411 e. The lowest BCUT2D eigenvalue weighted by Gasteiger charge is -2.06. The van der Waals surface area contributed by atoms with Gasteiger partial charge in [-0.3, -0.25) is 5.32 Å². The number of hydrogen-bond donors (Lipinski definition) is 1. The van der Waals surface area contributed by atoms with Crippen LogP contribution in [0.3, 0.4) is 0 Å². The molecule has 0 heterocycles. The van der Waals surface area contributed by atoms with E-state index in [9.17, 15) is 4.79 Å². The van der Waals surface area contributed by atoms with Crippen molar-refractivity contribution in [2.75, 3.05) is 11.9 Å². The minimum atomic E-state index is -0.411. The molecule has 4 heteroatoms. The SMILES string of the molecule is CCOC(=O)Nc1ccccc1I. The Hall–Kier alpha value is -0.780. The lowest BCUT2D eigenvalue weighted by molar-refractivity contribution is 0.168. The van der Waals surface area contributed by atoms with Crippen LogP contribution >= 0.6 is 22.6 Å². The van der Waals surface area contributed by atoms with E-state index in [0.717, 1.165) is 9.26 Å². The van der Waals surface area contributed by atoms with Gasteiger partial charge < -0.3 is 4.74 Å². The van der Waals surface area contributed by atoms with Crippen LogP contribution in [0.15, 0.2) is 24.3 Å². The van der Waals surface area contributed by atoms with Crippen molar-refractivity contribution < 1.29 is 9.53 Å². The summed E-state index contributed by atoms with van der Waals surface area (Å²) in [6.07, 6.45) is -0.411. The Morgan fingerprint density at radius 1 is 1.54 bits per heavy atom. The van der Waals surface area contributed by atoms with E-state index in [2.05, 4.69) is 27.9 Å². The number of carbonyl (C=O) groups excluding carboxylic acids is 1. The van der Waals surface area contributed by atoms with E-state index < -0.39 is 6.09 Å². The van der Waals surface area contributed by atoms with Gasteiger partial charge in [-0.05, 0) is 41.6 Å². The molecule has 1 N–H and O–H groups in total. The highest BCUT2D eigenvalue weighted by atomic mass is 127. The fourth-order valence-electron chi connectivity index (χ4n) is 0.840. The number of amides is 1. The second-order valence-corrected chi connectivity index (χ2v) is 3.49. The molecular weight excluding hydrogens is 281 g/mol. The highest BCUT2D eigenvalue weighted by Crippen LogP contribution is 2.16. The molecule has 0 fully saturated rings. The second-order valence-electron chi connectivity index (χ2n) is 2.33. The number of halogens is 1. The summed E-state index contributed by atoms with van der Waals surface area (Å²) in [5.41, 5.74) is 0.779. The number of anilines is 1. The first-order valence-electron chi connectivity index (χ1n) is 3.92. The molecule has 0 saturated carbocycles. The molecule has 0 unspecified atom stereocenters. The summed E-state index contributed by atoms with van der Waals surface area (Å²) in [7, 11) is 0. The van der Waals surface area contributed by atoms with E-state index in [1.54, 1.807) is 6.92 Å². The third-order valence-corrected chi connectivity index (χ3v) is 2.33. The van der Waals surface area contributed by atoms with E-state index in [1.165, 1.54) is 0 Å². The van der Waals surface area contributed by atoms with Gasteiger partial charge in [0.15, 0.2) is 0 Å². The summed E-state index contributed by atoms with van der Waals surface area (Å²) in [5, 5.41) is 2.64. The van der Waals surface area contributed by atoms with Crippen molar-refractivity contribution in [1.29, 1.82) is 0 Å². The van der Waals surface area contributed by atoms with Crippen LogP contribution in [0, 0.1) is 3.57 Å². The summed E-state index contributed by atoms with van der Waals surface area (Å²) < 4.78 is 5.74. The average Bonchev–Trinajstić information content (AvgIpc) is 2.09. The van der Waals surface area contributed by atoms with Crippen molar-refractivity contribution in [1.82, 2.24) is 0 Å². The zero-order valence-electron chi connectivity index (χ0n) is 7.21. The Balaban J connectivity index is 2.63. The number of hydrogen-bond acceptors (Lipinski definition) is 2. The zero-order valence-corrected chi connectivity index (χ0v) is 9.37. The predicted octanol–water partition coefficient (Wildman–Crippen LogP) is 2.86. The van der Waals surface area contributed by atoms with Crippen molar-refractivity contribution in [3.8, 4) is 0 Å². The zero-order chi connectivity index (χ0) is 9.68. The molecule has 1 aromatic carbocycles. The van der Waals surface area contributed by atoms with Crippen molar-refractivity contribution in [3.05, 3.63) is 27.8 Å². The fraction of sp³-hybridized carbons (Fsp3) is 0.222. The Kier molecular flexibility index (Phi) is 4.01. The van der Waals surface area contributed by atoms with Crippen molar-refractivity contribution in [2.24, 2.45) is 0 Å². The van der Waals surface area contributed by atoms with Crippen molar-refractivity contribution >= 4 is 34.4 Å². The molecule has 0 saturated heterocycles. The lowest BCUT2D eigenvalue weighted by atomic mass is 10.3. The molecule has 0 aliphatic heterocycles. The van der Waals surface area contributed by atoms with Gasteiger partial charge in [0.05, 0.1) is 12.3 Å². The molecule has 3 nitrogen and oxygen atoms in total. The number of ether oxygens (including phenoxy) is 1. The van der Waals surface area contributed by atoms with Gasteiger partial charge in [-0.2, -0.15) is 0 Å². The van der Waals surface area contributed by atoms with Gasteiger partial charge in [0.1, 0.15) is 0 Å². The summed E-state index contributed by atoms with van der Waals surface area (Å²) in [4.78, 5) is 11.0. The summed E-state index contributed by atoms with van der Waals surface area (Å²) >= 11 is 2.15. The van der Waals surface area contributed by atoms with E-state index >= 15 is 0 Å². The number of benzene rings is 1. The highest BCUT2D eigenvalue weighted by Gasteiger charge is 2.03. The Morgan fingerprint density at radius 2 is 2.23 bits per heavy atom. The van der Waals surface area contributed by atoms with Gasteiger partial charge in [0.2, 0.25) is 0 Å². The highest BCUT2D eigenvalue weighted by molar-refractivity contribution is 14.1. The monoisotopic (exact) mass is 291 g/mol. The first-order chi connectivity index (χ1) is 6.24. The first kappa shape index (κ1) is 10.3. The molecule has 0 atom stereocenters. The summed E-state index contributed by atoms with van der Waals surface area (Å²) in [5.74, 6) is 0. The van der Waals surface area contributed by atoms with Crippen LogP contribution in [0.5, 0.6) is 0 Å². The predicted molar refractivity (Wildman–Crippen MR) is 59.8 cm³/mol. The van der Waals surface area contributed by atoms with Crippen LogP contribution in [0.4, 0.5) is 10.5 Å². The molecule has 0 aliphatic carbocycles. The molecule has 13 heavy (non-hydrogen) atoms. The molecule has 0 bridgehead atoms. The van der Waals surface area contributed by atoms with Crippen LogP contribution < -0.4 is 5.32 Å². The number of rotatable bonds is 2. The molecule has 1 aromatic rings. The molecule has 0 radical (unpaired) electrons. The Bertz CT molecular complexity index is 301. The summed E-state index contributed by atoms with van der Waals surface area (Å²) in [6, 6.07) is 7.53. The van der Waals surface area contributed by atoms with E-state index in [0.29, 0.717) is 6.61 Å². The topological polar surface area (TPSA) is 38.3 Å². The van der Waals surface area contributed by atoms with Crippen LogP contribution in [0.1, 0.15) is 6.92 Å². The van der Waals surface area contributed by atoms with Crippen molar-refractivity contribution in [3.63, 3.8) is 0 Å². The van der Waals surface area contributed by atoms with Crippen LogP contribution in [0.2, 0.25) is 0 Å². The lowest BCUT2D eigenvalue weighted by Crippen LogP contribution is -2.13. The second kappa shape index (κ2) is 5.06. The van der Waals surface area contributed by atoms with Gasteiger partial charge in [-0.1, -0.05) is 12.1 Å². The molecule has 0 aromatic heterocycles. The van der Waals surface area contributed by atoms with Gasteiger partial charge in [-0.15, -0.1) is 0 Å². The minimum Gasteiger partial charge on any atom is -0.450 e. The normalized spacial score (nSPS) is 9.38. The Labute approximate surface area is 90.6 Å². The standard InChI is InChI=1S/C9H10INO2/c1-2-13-9(12)11-8-6-4-3-5-7(8)10/h3-6H,2H2,1H3,(H,11,12). The average molecular weight is 291 g/mol. The molecule has 70 valence electrons. The molecule has 1 amide bonds. The Morgan fingerprint density at radius 3 is 2.85 bits per heavy atom. The maximum atomic E-state index is 11.0. The maximum absolute atomic E-state index is 11.0.